The first-order chi connectivity index (χ1) is 10.9. The van der Waals surface area contributed by atoms with Crippen LogP contribution in [0.5, 0.6) is 0 Å². The van der Waals surface area contributed by atoms with Crippen molar-refractivity contribution in [2.24, 2.45) is 0 Å². The lowest BCUT2D eigenvalue weighted by atomic mass is 9.87. The lowest BCUT2D eigenvalue weighted by molar-refractivity contribution is 0.331. The van der Waals surface area contributed by atoms with Gasteiger partial charge in [0.05, 0.1) is 0 Å². The van der Waals surface area contributed by atoms with Crippen molar-refractivity contribution >= 4 is 0 Å². The van der Waals surface area contributed by atoms with Crippen LogP contribution in [-0.4, -0.2) is 0 Å². The van der Waals surface area contributed by atoms with Crippen LogP contribution >= 0.6 is 0 Å². The summed E-state index contributed by atoms with van der Waals surface area (Å²) in [4.78, 5) is 0. The fraction of sp³-hybridized carbons (Fsp3) is 0.400. The predicted molar refractivity (Wildman–Crippen MR) is 90.5 cm³/mol. The largest absolute Gasteiger partial charge is 0.250 e. The average molecular weight is 292 g/mol. The summed E-state index contributed by atoms with van der Waals surface area (Å²) in [6, 6.07) is 18.6. The van der Waals surface area contributed by atoms with Gasteiger partial charge in [0.1, 0.15) is 0 Å². The summed E-state index contributed by atoms with van der Waals surface area (Å²) in [5.41, 5.74) is 13.3. The predicted octanol–water partition coefficient (Wildman–Crippen LogP) is 4.24. The van der Waals surface area contributed by atoms with Gasteiger partial charge in [-0.1, -0.05) is 48.5 Å². The molecule has 0 aromatic heterocycles. The van der Waals surface area contributed by atoms with Gasteiger partial charge in [0, 0.05) is 12.1 Å². The highest BCUT2D eigenvalue weighted by Gasteiger charge is 2.23. The van der Waals surface area contributed by atoms with Crippen LogP contribution < -0.4 is 10.9 Å². The molecular formula is C20H24N2. The number of aryl methyl sites for hydroxylation is 2. The van der Waals surface area contributed by atoms with Crippen LogP contribution in [0.2, 0.25) is 0 Å². The molecule has 4 rings (SSSR count). The molecule has 0 heterocycles. The molecule has 0 bridgehead atoms. The van der Waals surface area contributed by atoms with Crippen molar-refractivity contribution in [3.05, 3.63) is 70.8 Å². The Morgan fingerprint density at radius 1 is 0.636 bits per heavy atom. The standard InChI is InChI=1S/C20H24N2/c1-3-11-17-15(7-1)9-5-13-19(17)21-22-20-14-6-10-16-8-2-4-12-18(16)20/h1-4,7-8,11-12,19-22H,5-6,9-10,13-14H2/t19-,20?/m1/s1. The summed E-state index contributed by atoms with van der Waals surface area (Å²) in [6.45, 7) is 0. The Hall–Kier alpha value is -1.64. The zero-order chi connectivity index (χ0) is 14.8. The summed E-state index contributed by atoms with van der Waals surface area (Å²) in [7, 11) is 0. The molecule has 2 aromatic carbocycles. The van der Waals surface area contributed by atoms with Gasteiger partial charge in [-0.25, -0.2) is 10.9 Å². The van der Waals surface area contributed by atoms with E-state index in [1.54, 1.807) is 0 Å². The molecule has 1 unspecified atom stereocenters. The highest BCUT2D eigenvalue weighted by atomic mass is 15.4. The maximum Gasteiger partial charge on any atom is 0.0465 e. The van der Waals surface area contributed by atoms with Gasteiger partial charge in [-0.05, 0) is 60.8 Å². The Bertz CT molecular complexity index is 592. The number of rotatable bonds is 3. The third-order valence-electron chi connectivity index (χ3n) is 5.17. The first-order valence-corrected chi connectivity index (χ1v) is 8.58. The Labute approximate surface area is 132 Å². The average Bonchev–Trinajstić information content (AvgIpc) is 2.60. The molecule has 0 saturated heterocycles. The minimum Gasteiger partial charge on any atom is -0.250 e. The second-order valence-corrected chi connectivity index (χ2v) is 6.58. The van der Waals surface area contributed by atoms with Crippen molar-refractivity contribution in [2.75, 3.05) is 0 Å². The molecule has 0 saturated carbocycles. The summed E-state index contributed by atoms with van der Waals surface area (Å²) in [5, 5.41) is 0. The minimum atomic E-state index is 0.444. The lowest BCUT2D eigenvalue weighted by Gasteiger charge is -2.31. The minimum absolute atomic E-state index is 0.444. The maximum atomic E-state index is 3.64. The fourth-order valence-corrected chi connectivity index (χ4v) is 4.01. The fourth-order valence-electron chi connectivity index (χ4n) is 4.01. The highest BCUT2D eigenvalue weighted by Crippen LogP contribution is 2.31. The molecule has 0 spiro atoms. The smallest absolute Gasteiger partial charge is 0.0465 e. The van der Waals surface area contributed by atoms with E-state index in [0.29, 0.717) is 12.1 Å². The van der Waals surface area contributed by atoms with Crippen LogP contribution in [0.25, 0.3) is 0 Å². The molecule has 2 heteroatoms. The SMILES string of the molecule is c1ccc2c(c1)CCCC2NN[C@@H]1CCCc2ccccc21. The summed E-state index contributed by atoms with van der Waals surface area (Å²) >= 11 is 0. The maximum absolute atomic E-state index is 3.64. The molecule has 2 nitrogen and oxygen atoms in total. The lowest BCUT2D eigenvalue weighted by Crippen LogP contribution is -2.40. The molecule has 114 valence electrons. The topological polar surface area (TPSA) is 24.1 Å². The molecule has 2 aliphatic rings. The van der Waals surface area contributed by atoms with Gasteiger partial charge in [-0.2, -0.15) is 0 Å². The Morgan fingerprint density at radius 2 is 1.09 bits per heavy atom. The third-order valence-corrected chi connectivity index (χ3v) is 5.17. The van der Waals surface area contributed by atoms with Crippen molar-refractivity contribution in [2.45, 2.75) is 50.6 Å². The van der Waals surface area contributed by atoms with Gasteiger partial charge in [0.2, 0.25) is 0 Å². The van der Waals surface area contributed by atoms with Crippen molar-refractivity contribution in [1.29, 1.82) is 0 Å². The Morgan fingerprint density at radius 3 is 1.59 bits per heavy atom. The molecule has 22 heavy (non-hydrogen) atoms. The van der Waals surface area contributed by atoms with E-state index in [2.05, 4.69) is 59.4 Å². The van der Waals surface area contributed by atoms with Crippen molar-refractivity contribution in [3.8, 4) is 0 Å². The van der Waals surface area contributed by atoms with Crippen molar-refractivity contribution in [3.63, 3.8) is 0 Å². The van der Waals surface area contributed by atoms with E-state index in [9.17, 15) is 0 Å². The van der Waals surface area contributed by atoms with Gasteiger partial charge < -0.3 is 0 Å². The second-order valence-electron chi connectivity index (χ2n) is 6.58. The number of fused-ring (bicyclic) bond motifs is 2. The van der Waals surface area contributed by atoms with Crippen LogP contribution in [0.3, 0.4) is 0 Å². The zero-order valence-electron chi connectivity index (χ0n) is 13.0. The number of benzene rings is 2. The highest BCUT2D eigenvalue weighted by molar-refractivity contribution is 5.33. The molecule has 2 atom stereocenters. The number of hydrogen-bond acceptors (Lipinski definition) is 2. The van der Waals surface area contributed by atoms with E-state index in [1.165, 1.54) is 60.8 Å². The van der Waals surface area contributed by atoms with E-state index < -0.39 is 0 Å². The zero-order valence-corrected chi connectivity index (χ0v) is 13.0. The normalized spacial score (nSPS) is 23.6. The third kappa shape index (κ3) is 2.69. The number of nitrogens with one attached hydrogen (secondary N) is 2. The molecule has 2 aromatic rings. The van der Waals surface area contributed by atoms with E-state index in [-0.39, 0.29) is 0 Å². The summed E-state index contributed by atoms with van der Waals surface area (Å²) in [6.07, 6.45) is 7.44. The van der Waals surface area contributed by atoms with Crippen LogP contribution in [-0.2, 0) is 12.8 Å². The monoisotopic (exact) mass is 292 g/mol. The summed E-state index contributed by atoms with van der Waals surface area (Å²) < 4.78 is 0. The second kappa shape index (κ2) is 6.23. The molecule has 0 amide bonds. The van der Waals surface area contributed by atoms with Crippen LogP contribution in [0.4, 0.5) is 0 Å². The summed E-state index contributed by atoms with van der Waals surface area (Å²) in [5.74, 6) is 0. The first kappa shape index (κ1) is 14.0. The quantitative estimate of drug-likeness (QED) is 0.827. The van der Waals surface area contributed by atoms with Crippen molar-refractivity contribution in [1.82, 2.24) is 10.9 Å². The molecular weight excluding hydrogens is 268 g/mol. The molecule has 0 fully saturated rings. The van der Waals surface area contributed by atoms with E-state index in [4.69, 9.17) is 0 Å². The van der Waals surface area contributed by atoms with Crippen molar-refractivity contribution < 1.29 is 0 Å². The molecule has 0 aliphatic heterocycles. The van der Waals surface area contributed by atoms with Crippen LogP contribution in [0.1, 0.15) is 60.0 Å². The van der Waals surface area contributed by atoms with Crippen LogP contribution in [0, 0.1) is 0 Å². The van der Waals surface area contributed by atoms with Gasteiger partial charge in [-0.15, -0.1) is 0 Å². The molecule has 2 aliphatic carbocycles. The van der Waals surface area contributed by atoms with Crippen LogP contribution in [0.15, 0.2) is 48.5 Å². The Balaban J connectivity index is 1.48. The number of hydrogen-bond donors (Lipinski definition) is 2. The Kier molecular flexibility index (Phi) is 3.96. The van der Waals surface area contributed by atoms with E-state index >= 15 is 0 Å². The van der Waals surface area contributed by atoms with Gasteiger partial charge in [0.25, 0.3) is 0 Å². The van der Waals surface area contributed by atoms with E-state index in [0.717, 1.165) is 0 Å². The van der Waals surface area contributed by atoms with Gasteiger partial charge >= 0.3 is 0 Å². The van der Waals surface area contributed by atoms with Gasteiger partial charge in [-0.3, -0.25) is 0 Å². The molecule has 0 radical (unpaired) electrons. The molecule has 2 N–H and O–H groups in total. The number of hydrazine groups is 1. The van der Waals surface area contributed by atoms with E-state index in [1.807, 2.05) is 0 Å². The first-order valence-electron chi connectivity index (χ1n) is 8.58. The van der Waals surface area contributed by atoms with Gasteiger partial charge in [0.15, 0.2) is 0 Å².